The summed E-state index contributed by atoms with van der Waals surface area (Å²) in [6.07, 6.45) is 0.173. The van der Waals surface area contributed by atoms with Crippen molar-refractivity contribution >= 4 is 23.3 Å². The van der Waals surface area contributed by atoms with Crippen LogP contribution < -0.4 is 11.1 Å². The van der Waals surface area contributed by atoms with E-state index in [9.17, 15) is 4.79 Å². The van der Waals surface area contributed by atoms with E-state index in [1.807, 2.05) is 6.92 Å². The number of rotatable bonds is 3. The molecule has 0 radical (unpaired) electrons. The van der Waals surface area contributed by atoms with Gasteiger partial charge in [0.15, 0.2) is 0 Å². The number of carbonyl (C=O) groups is 1. The van der Waals surface area contributed by atoms with E-state index in [0.717, 1.165) is 0 Å². The maximum atomic E-state index is 11.3. The van der Waals surface area contributed by atoms with Gasteiger partial charge < -0.3 is 15.8 Å². The highest BCUT2D eigenvalue weighted by atomic mass is 32.1. The highest BCUT2D eigenvalue weighted by molar-refractivity contribution is 7.80. The average Bonchev–Trinajstić information content (AvgIpc) is 1.96. The first-order valence-corrected chi connectivity index (χ1v) is 4.96. The lowest BCUT2D eigenvalue weighted by Crippen LogP contribution is -2.45. The molecule has 0 saturated carbocycles. The summed E-state index contributed by atoms with van der Waals surface area (Å²) < 4.78 is 5.05. The molecule has 0 aromatic heterocycles. The van der Waals surface area contributed by atoms with Crippen molar-refractivity contribution in [2.75, 3.05) is 0 Å². The van der Waals surface area contributed by atoms with E-state index in [0.29, 0.717) is 6.42 Å². The summed E-state index contributed by atoms with van der Waals surface area (Å²) in [6, 6.07) is -0.292. The maximum Gasteiger partial charge on any atom is 0.408 e. The molecule has 0 aromatic rings. The zero-order valence-corrected chi connectivity index (χ0v) is 9.90. The molecule has 0 saturated heterocycles. The van der Waals surface area contributed by atoms with Gasteiger partial charge in [-0.3, -0.25) is 0 Å². The summed E-state index contributed by atoms with van der Waals surface area (Å²) in [7, 11) is 0. The Morgan fingerprint density at radius 1 is 1.57 bits per heavy atom. The van der Waals surface area contributed by atoms with Gasteiger partial charge in [-0.15, -0.1) is 0 Å². The normalized spacial score (nSPS) is 13.1. The van der Waals surface area contributed by atoms with E-state index in [-0.39, 0.29) is 11.0 Å². The standard InChI is InChI=1S/C9H18N2O2S/c1-5-6(7(10)14)11-8(12)13-9(2,3)4/h6H,5H2,1-4H3,(H2,10,14)(H,11,12). The van der Waals surface area contributed by atoms with Gasteiger partial charge in [-0.2, -0.15) is 0 Å². The fraction of sp³-hybridized carbons (Fsp3) is 0.778. The fourth-order valence-corrected chi connectivity index (χ4v) is 1.05. The van der Waals surface area contributed by atoms with Gasteiger partial charge in [0.1, 0.15) is 5.60 Å². The van der Waals surface area contributed by atoms with Crippen LogP contribution in [0.3, 0.4) is 0 Å². The van der Waals surface area contributed by atoms with Crippen LogP contribution in [0.25, 0.3) is 0 Å². The first kappa shape index (κ1) is 13.2. The molecule has 0 aliphatic rings. The van der Waals surface area contributed by atoms with Crippen molar-refractivity contribution in [1.29, 1.82) is 0 Å². The number of hydrogen-bond donors (Lipinski definition) is 2. The third-order valence-corrected chi connectivity index (χ3v) is 1.73. The Kier molecular flexibility index (Phi) is 4.83. The van der Waals surface area contributed by atoms with Gasteiger partial charge in [0.05, 0.1) is 11.0 Å². The van der Waals surface area contributed by atoms with Gasteiger partial charge in [-0.1, -0.05) is 19.1 Å². The van der Waals surface area contributed by atoms with E-state index >= 15 is 0 Å². The van der Waals surface area contributed by atoms with Crippen LogP contribution >= 0.6 is 12.2 Å². The molecule has 0 heterocycles. The van der Waals surface area contributed by atoms with Crippen molar-refractivity contribution in [3.05, 3.63) is 0 Å². The zero-order valence-electron chi connectivity index (χ0n) is 9.09. The predicted molar refractivity (Wildman–Crippen MR) is 60.2 cm³/mol. The monoisotopic (exact) mass is 218 g/mol. The third-order valence-electron chi connectivity index (χ3n) is 1.44. The number of ether oxygens (including phenoxy) is 1. The Morgan fingerprint density at radius 2 is 2.07 bits per heavy atom. The molecule has 0 fully saturated rings. The largest absolute Gasteiger partial charge is 0.444 e. The first-order valence-electron chi connectivity index (χ1n) is 4.55. The van der Waals surface area contributed by atoms with E-state index in [1.165, 1.54) is 0 Å². The van der Waals surface area contributed by atoms with E-state index in [4.69, 9.17) is 22.7 Å². The SMILES string of the molecule is CCC(NC(=O)OC(C)(C)C)C(N)=S. The number of thiocarbonyl (C=S) groups is 1. The maximum absolute atomic E-state index is 11.3. The highest BCUT2D eigenvalue weighted by Crippen LogP contribution is 2.07. The molecule has 0 bridgehead atoms. The van der Waals surface area contributed by atoms with Crippen LogP contribution in [-0.2, 0) is 4.74 Å². The molecule has 82 valence electrons. The van der Waals surface area contributed by atoms with Crippen LogP contribution in [-0.4, -0.2) is 22.7 Å². The van der Waals surface area contributed by atoms with E-state index in [1.54, 1.807) is 20.8 Å². The molecule has 0 aromatic carbocycles. The minimum Gasteiger partial charge on any atom is -0.444 e. The second-order valence-electron chi connectivity index (χ2n) is 4.01. The Bertz CT molecular complexity index is 223. The predicted octanol–water partition coefficient (Wildman–Crippen LogP) is 1.58. The topological polar surface area (TPSA) is 64.3 Å². The highest BCUT2D eigenvalue weighted by Gasteiger charge is 2.19. The van der Waals surface area contributed by atoms with Crippen molar-refractivity contribution in [2.45, 2.75) is 45.8 Å². The number of nitrogens with one attached hydrogen (secondary N) is 1. The molecule has 1 amide bonds. The van der Waals surface area contributed by atoms with Gasteiger partial charge in [-0.05, 0) is 27.2 Å². The molecule has 1 atom stereocenters. The second kappa shape index (κ2) is 5.14. The lowest BCUT2D eigenvalue weighted by atomic mass is 10.2. The molecule has 0 aliphatic heterocycles. The number of nitrogens with two attached hydrogens (primary N) is 1. The molecule has 1 unspecified atom stereocenters. The summed E-state index contributed by atoms with van der Waals surface area (Å²) in [5, 5.41) is 2.60. The molecular formula is C9H18N2O2S. The summed E-state index contributed by atoms with van der Waals surface area (Å²) in [4.78, 5) is 11.6. The Balaban J connectivity index is 4.11. The molecule has 0 aliphatic carbocycles. The first-order chi connectivity index (χ1) is 6.26. The Hall–Kier alpha value is -0.840. The summed E-state index contributed by atoms with van der Waals surface area (Å²) in [5.74, 6) is 0. The molecular weight excluding hydrogens is 200 g/mol. The second-order valence-corrected chi connectivity index (χ2v) is 4.48. The molecule has 0 spiro atoms. The third kappa shape index (κ3) is 5.75. The van der Waals surface area contributed by atoms with Crippen LogP contribution in [0, 0.1) is 0 Å². The lowest BCUT2D eigenvalue weighted by Gasteiger charge is -2.22. The van der Waals surface area contributed by atoms with E-state index in [2.05, 4.69) is 5.32 Å². The van der Waals surface area contributed by atoms with Crippen molar-refractivity contribution in [1.82, 2.24) is 5.32 Å². The molecule has 3 N–H and O–H groups in total. The van der Waals surface area contributed by atoms with Crippen LogP contribution in [0.5, 0.6) is 0 Å². The van der Waals surface area contributed by atoms with Gasteiger partial charge in [0.25, 0.3) is 0 Å². The average molecular weight is 218 g/mol. The summed E-state index contributed by atoms with van der Waals surface area (Å²) in [5.41, 5.74) is 4.92. The van der Waals surface area contributed by atoms with Crippen LogP contribution in [0.15, 0.2) is 0 Å². The van der Waals surface area contributed by atoms with E-state index < -0.39 is 11.7 Å². The summed E-state index contributed by atoms with van der Waals surface area (Å²) >= 11 is 4.78. The minimum atomic E-state index is -0.501. The van der Waals surface area contributed by atoms with Crippen molar-refractivity contribution in [3.63, 3.8) is 0 Å². The zero-order chi connectivity index (χ0) is 11.4. The van der Waals surface area contributed by atoms with Crippen molar-refractivity contribution in [3.8, 4) is 0 Å². The molecule has 5 heteroatoms. The quantitative estimate of drug-likeness (QED) is 0.706. The molecule has 4 nitrogen and oxygen atoms in total. The van der Waals surface area contributed by atoms with Gasteiger partial charge in [0, 0.05) is 0 Å². The smallest absolute Gasteiger partial charge is 0.408 e. The van der Waals surface area contributed by atoms with Crippen molar-refractivity contribution < 1.29 is 9.53 Å². The lowest BCUT2D eigenvalue weighted by molar-refractivity contribution is 0.0517. The number of hydrogen-bond acceptors (Lipinski definition) is 3. The number of alkyl carbamates (subject to hydrolysis) is 1. The Labute approximate surface area is 90.2 Å². The molecule has 0 rings (SSSR count). The fourth-order valence-electron chi connectivity index (χ4n) is 0.824. The Morgan fingerprint density at radius 3 is 2.36 bits per heavy atom. The van der Waals surface area contributed by atoms with Crippen LogP contribution in [0.4, 0.5) is 4.79 Å². The summed E-state index contributed by atoms with van der Waals surface area (Å²) in [6.45, 7) is 7.29. The van der Waals surface area contributed by atoms with Crippen LogP contribution in [0.1, 0.15) is 34.1 Å². The van der Waals surface area contributed by atoms with Gasteiger partial charge in [-0.25, -0.2) is 4.79 Å². The van der Waals surface area contributed by atoms with Crippen molar-refractivity contribution in [2.24, 2.45) is 5.73 Å². The number of carbonyl (C=O) groups excluding carboxylic acids is 1. The van der Waals surface area contributed by atoms with Crippen LogP contribution in [0.2, 0.25) is 0 Å². The number of amides is 1. The van der Waals surface area contributed by atoms with Gasteiger partial charge >= 0.3 is 6.09 Å². The molecule has 14 heavy (non-hydrogen) atoms. The van der Waals surface area contributed by atoms with Gasteiger partial charge in [0.2, 0.25) is 0 Å². The minimum absolute atomic E-state index is 0.276.